The molecular formula is C13H20N2O2Sn. The average Bonchev–Trinajstić information content (AvgIpc) is 2.38. The molecule has 0 aliphatic carbocycles. The summed E-state index contributed by atoms with van der Waals surface area (Å²) in [6.07, 6.45) is 3.60. The number of amides is 1. The maximum absolute atomic E-state index is 12.3. The van der Waals surface area contributed by atoms with Crippen molar-refractivity contribution >= 4 is 27.9 Å². The van der Waals surface area contributed by atoms with Crippen molar-refractivity contribution in [2.24, 2.45) is 0 Å². The molecule has 0 radical (unpaired) electrons. The molecule has 1 aromatic rings. The maximum atomic E-state index is 12.3. The number of rotatable bonds is 2. The van der Waals surface area contributed by atoms with Gasteiger partial charge in [-0.05, 0) is 0 Å². The van der Waals surface area contributed by atoms with Crippen LogP contribution in [0.4, 0.5) is 0 Å². The first kappa shape index (κ1) is 13.8. The Kier molecular flexibility index (Phi) is 4.27. The molecule has 1 aliphatic rings. The number of carbonyl (C=O) groups excluding carboxylic acids is 1. The number of aromatic nitrogens is 1. The molecular weight excluding hydrogens is 335 g/mol. The number of carbonyl (C=O) groups is 1. The van der Waals surface area contributed by atoms with E-state index in [4.69, 9.17) is 4.74 Å². The molecule has 0 saturated carbocycles. The summed E-state index contributed by atoms with van der Waals surface area (Å²) in [7, 11) is 0. The number of pyridine rings is 1. The van der Waals surface area contributed by atoms with Crippen LogP contribution in [0.3, 0.4) is 0 Å². The van der Waals surface area contributed by atoms with Crippen LogP contribution in [0.5, 0.6) is 0 Å². The third-order valence-electron chi connectivity index (χ3n) is 3.15. The number of hydrogen-bond acceptors (Lipinski definition) is 3. The van der Waals surface area contributed by atoms with E-state index in [0.717, 1.165) is 5.56 Å². The van der Waals surface area contributed by atoms with Gasteiger partial charge in [-0.25, -0.2) is 0 Å². The molecule has 0 atom stereocenters. The van der Waals surface area contributed by atoms with Crippen molar-refractivity contribution in [1.82, 2.24) is 9.88 Å². The van der Waals surface area contributed by atoms with Gasteiger partial charge in [0.05, 0.1) is 0 Å². The van der Waals surface area contributed by atoms with Gasteiger partial charge in [-0.3, -0.25) is 0 Å². The molecule has 0 N–H and O–H groups in total. The van der Waals surface area contributed by atoms with Crippen molar-refractivity contribution in [3.05, 3.63) is 24.0 Å². The first-order valence-corrected chi connectivity index (χ1v) is 16.3. The molecule has 1 aliphatic heterocycles. The number of nitrogens with zero attached hydrogens (tertiary/aromatic N) is 2. The van der Waals surface area contributed by atoms with E-state index in [1.807, 2.05) is 17.2 Å². The average molecular weight is 355 g/mol. The topological polar surface area (TPSA) is 42.4 Å². The summed E-state index contributed by atoms with van der Waals surface area (Å²) in [5.41, 5.74) is 0.723. The fourth-order valence-corrected chi connectivity index (χ4v) is 4.91. The quantitative estimate of drug-likeness (QED) is 0.747. The molecule has 1 saturated heterocycles. The minimum atomic E-state index is -2.15. The second-order valence-corrected chi connectivity index (χ2v) is 20.1. The van der Waals surface area contributed by atoms with Crippen LogP contribution in [-0.2, 0) is 4.74 Å². The van der Waals surface area contributed by atoms with Gasteiger partial charge in [0.15, 0.2) is 0 Å². The summed E-state index contributed by atoms with van der Waals surface area (Å²) >= 11 is -2.15. The fraction of sp³-hybridized carbons (Fsp3) is 0.538. The van der Waals surface area contributed by atoms with Gasteiger partial charge in [-0.2, -0.15) is 0 Å². The van der Waals surface area contributed by atoms with Crippen molar-refractivity contribution < 1.29 is 9.53 Å². The number of morpholine rings is 1. The normalized spacial score (nSPS) is 16.7. The van der Waals surface area contributed by atoms with E-state index < -0.39 is 18.4 Å². The van der Waals surface area contributed by atoms with Gasteiger partial charge < -0.3 is 0 Å². The SMILES string of the molecule is [CH3][Sn]([CH3])([CH3])[c]1cncc(C(=O)N2CCOCC2)c1. The van der Waals surface area contributed by atoms with Crippen LogP contribution in [0.15, 0.2) is 18.5 Å². The molecule has 5 heteroatoms. The minimum absolute atomic E-state index is 0.0863. The molecule has 0 bridgehead atoms. The first-order chi connectivity index (χ1) is 8.48. The Morgan fingerprint density at radius 1 is 1.28 bits per heavy atom. The van der Waals surface area contributed by atoms with Crippen LogP contribution < -0.4 is 3.58 Å². The Bertz CT molecular complexity index is 437. The van der Waals surface area contributed by atoms with Crippen LogP contribution in [0.2, 0.25) is 14.8 Å². The summed E-state index contributed by atoms with van der Waals surface area (Å²) in [5.74, 6) is 0.0863. The Hall–Kier alpha value is -0.621. The fourth-order valence-electron chi connectivity index (χ4n) is 1.92. The molecule has 1 amide bonds. The molecule has 98 valence electrons. The third-order valence-corrected chi connectivity index (χ3v) is 8.87. The second kappa shape index (κ2) is 5.57. The van der Waals surface area contributed by atoms with Crippen LogP contribution in [-0.4, -0.2) is 60.5 Å². The standard InChI is InChI=1S/C10H11N2O2.3CH3.Sn/c13-10(9-2-1-3-11-8-9)12-4-6-14-7-5-12;;;;/h2-3,8H,4-7H2;3*1H3;. The van der Waals surface area contributed by atoms with Gasteiger partial charge >= 0.3 is 112 Å². The predicted octanol–water partition coefficient (Wildman–Crippen LogP) is 1.10. The number of ether oxygens (including phenoxy) is 1. The van der Waals surface area contributed by atoms with Crippen molar-refractivity contribution in [2.75, 3.05) is 26.3 Å². The summed E-state index contributed by atoms with van der Waals surface area (Å²) in [6, 6.07) is 2.04. The van der Waals surface area contributed by atoms with E-state index in [-0.39, 0.29) is 5.91 Å². The molecule has 2 heterocycles. The Morgan fingerprint density at radius 3 is 2.56 bits per heavy atom. The van der Waals surface area contributed by atoms with Crippen molar-refractivity contribution in [1.29, 1.82) is 0 Å². The van der Waals surface area contributed by atoms with E-state index in [2.05, 4.69) is 19.8 Å². The van der Waals surface area contributed by atoms with Gasteiger partial charge in [0, 0.05) is 0 Å². The van der Waals surface area contributed by atoms with Crippen molar-refractivity contribution in [3.63, 3.8) is 0 Å². The molecule has 2 rings (SSSR count). The summed E-state index contributed by atoms with van der Waals surface area (Å²) in [5, 5.41) is 0. The van der Waals surface area contributed by atoms with Gasteiger partial charge in [0.2, 0.25) is 0 Å². The van der Waals surface area contributed by atoms with Crippen molar-refractivity contribution in [2.45, 2.75) is 14.8 Å². The molecule has 18 heavy (non-hydrogen) atoms. The van der Waals surface area contributed by atoms with Crippen LogP contribution >= 0.6 is 0 Å². The Balaban J connectivity index is 2.20. The van der Waals surface area contributed by atoms with E-state index >= 15 is 0 Å². The molecule has 0 spiro atoms. The van der Waals surface area contributed by atoms with Crippen LogP contribution in [0.1, 0.15) is 10.4 Å². The monoisotopic (exact) mass is 356 g/mol. The van der Waals surface area contributed by atoms with Gasteiger partial charge in [0.1, 0.15) is 0 Å². The Labute approximate surface area is 112 Å². The zero-order chi connectivity index (χ0) is 13.2. The third kappa shape index (κ3) is 3.23. The second-order valence-electron chi connectivity index (χ2n) is 5.62. The zero-order valence-corrected chi connectivity index (χ0v) is 14.1. The molecule has 1 aromatic heterocycles. The summed E-state index contributed by atoms with van der Waals surface area (Å²) < 4.78 is 6.56. The van der Waals surface area contributed by atoms with Crippen LogP contribution in [0, 0.1) is 0 Å². The Morgan fingerprint density at radius 2 is 1.94 bits per heavy atom. The van der Waals surface area contributed by atoms with Gasteiger partial charge in [-0.15, -0.1) is 0 Å². The van der Waals surface area contributed by atoms with E-state index in [9.17, 15) is 4.79 Å². The predicted molar refractivity (Wildman–Crippen MR) is 73.9 cm³/mol. The first-order valence-electron chi connectivity index (χ1n) is 6.31. The van der Waals surface area contributed by atoms with E-state index in [0.29, 0.717) is 26.3 Å². The van der Waals surface area contributed by atoms with Crippen LogP contribution in [0.25, 0.3) is 0 Å². The van der Waals surface area contributed by atoms with Gasteiger partial charge in [-0.1, -0.05) is 0 Å². The number of hydrogen-bond donors (Lipinski definition) is 0. The zero-order valence-electron chi connectivity index (χ0n) is 11.3. The van der Waals surface area contributed by atoms with E-state index in [1.165, 1.54) is 3.58 Å². The molecule has 0 unspecified atom stereocenters. The van der Waals surface area contributed by atoms with E-state index in [1.54, 1.807) is 6.20 Å². The van der Waals surface area contributed by atoms with Crippen molar-refractivity contribution in [3.8, 4) is 0 Å². The summed E-state index contributed by atoms with van der Waals surface area (Å²) in [6.45, 7) is 2.64. The molecule has 0 aromatic carbocycles. The summed E-state index contributed by atoms with van der Waals surface area (Å²) in [4.78, 5) is 25.4. The molecule has 4 nitrogen and oxygen atoms in total. The molecule has 1 fully saturated rings. The van der Waals surface area contributed by atoms with Gasteiger partial charge in [0.25, 0.3) is 0 Å².